The van der Waals surface area contributed by atoms with Crippen LogP contribution in [0, 0.1) is 6.92 Å². The highest BCUT2D eigenvalue weighted by molar-refractivity contribution is 5.86. The van der Waals surface area contributed by atoms with E-state index in [-0.39, 0.29) is 5.75 Å². The van der Waals surface area contributed by atoms with Crippen LogP contribution in [-0.4, -0.2) is 38.8 Å². The van der Waals surface area contributed by atoms with Gasteiger partial charge in [-0.2, -0.15) is 0 Å². The van der Waals surface area contributed by atoms with Crippen LogP contribution in [0.4, 0.5) is 0 Å². The number of nitrogens with one attached hydrogen (secondary N) is 1. The molecule has 4 heteroatoms. The number of aromatic amines is 1. The summed E-state index contributed by atoms with van der Waals surface area (Å²) in [6.07, 6.45) is 2.19. The van der Waals surface area contributed by atoms with Crippen LogP contribution in [-0.2, 0) is 24.8 Å². The molecule has 0 saturated carbocycles. The minimum Gasteiger partial charge on any atom is -0.508 e. The van der Waals surface area contributed by atoms with Crippen LogP contribution < -0.4 is 0 Å². The van der Waals surface area contributed by atoms with E-state index in [9.17, 15) is 10.2 Å². The van der Waals surface area contributed by atoms with E-state index < -0.39 is 11.0 Å². The number of H-pyrrole nitrogens is 1. The van der Waals surface area contributed by atoms with Gasteiger partial charge in [-0.3, -0.25) is 4.90 Å². The van der Waals surface area contributed by atoms with Crippen molar-refractivity contribution < 1.29 is 10.2 Å². The first kappa shape index (κ1) is 20.5. The van der Waals surface area contributed by atoms with E-state index in [0.29, 0.717) is 13.0 Å². The first-order valence-electron chi connectivity index (χ1n) is 11.8. The second kappa shape index (κ2) is 7.47. The van der Waals surface area contributed by atoms with Gasteiger partial charge in [0.2, 0.25) is 0 Å². The van der Waals surface area contributed by atoms with Gasteiger partial charge in [0.1, 0.15) is 5.75 Å². The second-order valence-electron chi connectivity index (χ2n) is 10.1. The highest BCUT2D eigenvalue weighted by atomic mass is 16.3. The highest BCUT2D eigenvalue weighted by Gasteiger charge is 2.57. The monoisotopic (exact) mass is 438 g/mol. The lowest BCUT2D eigenvalue weighted by Gasteiger charge is -2.56. The zero-order valence-electron chi connectivity index (χ0n) is 19.0. The number of piperidine rings is 1. The maximum absolute atomic E-state index is 12.5. The number of aromatic nitrogens is 1. The van der Waals surface area contributed by atoms with Gasteiger partial charge in [-0.05, 0) is 60.3 Å². The average Bonchev–Trinajstić information content (AvgIpc) is 3.13. The number of hydrogen-bond donors (Lipinski definition) is 3. The molecule has 1 fully saturated rings. The van der Waals surface area contributed by atoms with Gasteiger partial charge in [0.15, 0.2) is 0 Å². The minimum absolute atomic E-state index is 0.258. The molecular weight excluding hydrogens is 408 g/mol. The molecule has 0 unspecified atom stereocenters. The Morgan fingerprint density at radius 1 is 0.970 bits per heavy atom. The predicted molar refractivity (Wildman–Crippen MR) is 132 cm³/mol. The standard InChI is InChI=1S/C29H30N2O2/c1-20-10-11-24-25-16-29(33)19-31(18-21-6-3-2-4-7-21)13-12-28(29,17-27(25)30-26(24)14-20)22-8-5-9-23(32)15-22/h2-11,14-15,30,32-33H,12-13,16-19H2,1H3/t28-,29-/m0/s1. The number of phenols is 1. The zero-order chi connectivity index (χ0) is 22.6. The van der Waals surface area contributed by atoms with Gasteiger partial charge >= 0.3 is 0 Å². The molecule has 0 amide bonds. The maximum Gasteiger partial charge on any atom is 0.115 e. The summed E-state index contributed by atoms with van der Waals surface area (Å²) in [5.74, 6) is 0.258. The number of fused-ring (bicyclic) bond motifs is 4. The molecule has 0 bridgehead atoms. The minimum atomic E-state index is -0.930. The Morgan fingerprint density at radius 3 is 2.64 bits per heavy atom. The topological polar surface area (TPSA) is 59.5 Å². The Kier molecular flexibility index (Phi) is 4.65. The molecule has 1 aliphatic heterocycles. The summed E-state index contributed by atoms with van der Waals surface area (Å²) in [7, 11) is 0. The fourth-order valence-electron chi connectivity index (χ4n) is 6.33. The third-order valence-electron chi connectivity index (χ3n) is 7.98. The van der Waals surface area contributed by atoms with Crippen LogP contribution in [0.3, 0.4) is 0 Å². The number of hydrogen-bond acceptors (Lipinski definition) is 3. The SMILES string of the molecule is Cc1ccc2c3c([nH]c2c1)C[C@]1(c2cccc(O)c2)CCN(Cc2ccccc2)C[C@@]1(O)C3. The molecule has 6 rings (SSSR count). The number of β-amino-alcohol motifs (C(OH)–C–C–N with tert-alkyl or cyclic N) is 1. The van der Waals surface area contributed by atoms with Gasteiger partial charge in [0, 0.05) is 47.9 Å². The van der Waals surface area contributed by atoms with E-state index in [1.165, 1.54) is 27.8 Å². The summed E-state index contributed by atoms with van der Waals surface area (Å²) in [6, 6.07) is 24.6. The molecule has 2 heterocycles. The number of aryl methyl sites for hydroxylation is 1. The molecule has 168 valence electrons. The fourth-order valence-corrected chi connectivity index (χ4v) is 6.33. The van der Waals surface area contributed by atoms with E-state index in [0.717, 1.165) is 37.0 Å². The number of nitrogens with zero attached hydrogens (tertiary/aromatic N) is 1. The van der Waals surface area contributed by atoms with Crippen molar-refractivity contribution in [1.82, 2.24) is 9.88 Å². The van der Waals surface area contributed by atoms with Crippen LogP contribution >= 0.6 is 0 Å². The lowest BCUT2D eigenvalue weighted by molar-refractivity contribution is -0.105. The molecule has 33 heavy (non-hydrogen) atoms. The smallest absolute Gasteiger partial charge is 0.115 e. The summed E-state index contributed by atoms with van der Waals surface area (Å²) < 4.78 is 0. The fraction of sp³-hybridized carbons (Fsp3) is 0.310. The van der Waals surface area contributed by atoms with Crippen LogP contribution in [0.15, 0.2) is 72.8 Å². The Balaban J connectivity index is 1.46. The van der Waals surface area contributed by atoms with Crippen molar-refractivity contribution in [2.45, 2.75) is 43.7 Å². The lowest BCUT2D eigenvalue weighted by atomic mass is 9.56. The Labute approximate surface area is 194 Å². The Hall–Kier alpha value is -3.08. The number of phenolic OH excluding ortho intramolecular Hbond substituents is 1. The third-order valence-corrected chi connectivity index (χ3v) is 7.98. The molecule has 1 saturated heterocycles. The molecule has 3 N–H and O–H groups in total. The van der Waals surface area contributed by atoms with Crippen molar-refractivity contribution in [1.29, 1.82) is 0 Å². The van der Waals surface area contributed by atoms with Crippen LogP contribution in [0.1, 0.15) is 34.4 Å². The highest BCUT2D eigenvalue weighted by Crippen LogP contribution is 2.52. The number of aromatic hydroxyl groups is 1. The van der Waals surface area contributed by atoms with Gasteiger partial charge in [-0.15, -0.1) is 0 Å². The Bertz CT molecular complexity index is 1330. The van der Waals surface area contributed by atoms with Crippen molar-refractivity contribution >= 4 is 10.9 Å². The first-order chi connectivity index (χ1) is 16.0. The molecule has 2 atom stereocenters. The van der Waals surface area contributed by atoms with E-state index in [1.807, 2.05) is 18.2 Å². The third kappa shape index (κ3) is 3.28. The molecule has 0 spiro atoms. The maximum atomic E-state index is 12.5. The molecule has 2 aliphatic rings. The van der Waals surface area contributed by atoms with E-state index >= 15 is 0 Å². The molecule has 4 nitrogen and oxygen atoms in total. The van der Waals surface area contributed by atoms with E-state index in [1.54, 1.807) is 6.07 Å². The summed E-state index contributed by atoms with van der Waals surface area (Å²) in [4.78, 5) is 6.07. The molecule has 1 aliphatic carbocycles. The van der Waals surface area contributed by atoms with Gasteiger partial charge in [-0.25, -0.2) is 0 Å². The number of benzene rings is 3. The van der Waals surface area contributed by atoms with Gasteiger partial charge in [0.25, 0.3) is 0 Å². The van der Waals surface area contributed by atoms with Crippen molar-refractivity contribution in [3.63, 3.8) is 0 Å². The van der Waals surface area contributed by atoms with Crippen molar-refractivity contribution in [2.75, 3.05) is 13.1 Å². The quantitative estimate of drug-likeness (QED) is 0.428. The largest absolute Gasteiger partial charge is 0.508 e. The van der Waals surface area contributed by atoms with E-state index in [2.05, 4.69) is 65.3 Å². The number of likely N-dealkylation sites (tertiary alicyclic amines) is 1. The molecule has 4 aromatic rings. The molecule has 3 aromatic carbocycles. The predicted octanol–water partition coefficient (Wildman–Crippen LogP) is 4.86. The zero-order valence-corrected chi connectivity index (χ0v) is 19.0. The summed E-state index contributed by atoms with van der Waals surface area (Å²) in [6.45, 7) is 4.46. The molecule has 1 aromatic heterocycles. The summed E-state index contributed by atoms with van der Waals surface area (Å²) in [5, 5.41) is 24.0. The summed E-state index contributed by atoms with van der Waals surface area (Å²) >= 11 is 0. The van der Waals surface area contributed by atoms with Gasteiger partial charge < -0.3 is 15.2 Å². The van der Waals surface area contributed by atoms with Gasteiger partial charge in [0.05, 0.1) is 5.60 Å². The number of rotatable bonds is 3. The van der Waals surface area contributed by atoms with Crippen molar-refractivity contribution in [2.24, 2.45) is 0 Å². The molecular formula is C29H30N2O2. The summed E-state index contributed by atoms with van der Waals surface area (Å²) in [5.41, 5.74) is 5.77. The lowest BCUT2D eigenvalue weighted by Crippen LogP contribution is -2.66. The van der Waals surface area contributed by atoms with Crippen LogP contribution in [0.25, 0.3) is 10.9 Å². The normalized spacial score (nSPS) is 25.0. The Morgan fingerprint density at radius 2 is 1.82 bits per heavy atom. The first-order valence-corrected chi connectivity index (χ1v) is 11.8. The van der Waals surface area contributed by atoms with Gasteiger partial charge in [-0.1, -0.05) is 54.6 Å². The van der Waals surface area contributed by atoms with E-state index in [4.69, 9.17) is 0 Å². The van der Waals surface area contributed by atoms with Crippen LogP contribution in [0.5, 0.6) is 5.75 Å². The second-order valence-corrected chi connectivity index (χ2v) is 10.1. The van der Waals surface area contributed by atoms with Crippen LogP contribution in [0.2, 0.25) is 0 Å². The van der Waals surface area contributed by atoms with Crippen molar-refractivity contribution in [3.05, 3.63) is 101 Å². The van der Waals surface area contributed by atoms with Crippen molar-refractivity contribution in [3.8, 4) is 5.75 Å². The molecule has 0 radical (unpaired) electrons. The number of aliphatic hydroxyl groups is 1. The average molecular weight is 439 g/mol.